The van der Waals surface area contributed by atoms with E-state index in [4.69, 9.17) is 33.8 Å². The molecule has 0 aliphatic carbocycles. The molecule has 0 saturated heterocycles. The number of nitriles is 2. The van der Waals surface area contributed by atoms with Crippen LogP contribution in [0.4, 0.5) is 0 Å². The quantitative estimate of drug-likeness (QED) is 0.0544. The van der Waals surface area contributed by atoms with E-state index in [0.717, 1.165) is 4.90 Å². The van der Waals surface area contributed by atoms with E-state index in [1.807, 2.05) is 6.07 Å². The molecule has 0 spiro atoms. The maximum Gasteiger partial charge on any atom is 0.350 e. The molecule has 15 heteroatoms. The molecule has 0 fully saturated rings. The number of thioether (sulfide) groups is 4. The first-order chi connectivity index (χ1) is 20.4. The summed E-state index contributed by atoms with van der Waals surface area (Å²) in [6.07, 6.45) is 2.94. The van der Waals surface area contributed by atoms with Gasteiger partial charge in [-0.15, -0.1) is 0 Å². The summed E-state index contributed by atoms with van der Waals surface area (Å²) in [5.74, 6) is -0.774. The van der Waals surface area contributed by atoms with E-state index in [1.165, 1.54) is 53.1 Å². The number of benzene rings is 1. The van der Waals surface area contributed by atoms with Gasteiger partial charge in [-0.3, -0.25) is 0 Å². The van der Waals surface area contributed by atoms with Gasteiger partial charge in [-0.2, -0.15) is 10.5 Å². The SMILES string of the molecule is CCOOCCOc1c2c(c(/C=C\C(=O)OCC)c3c1S/C(=C(\C#N)COOCC)S3)S/C(=C(\C#N)C(=O)OCC)S2. The van der Waals surface area contributed by atoms with Crippen molar-refractivity contribution in [1.82, 2.24) is 0 Å². The van der Waals surface area contributed by atoms with Crippen LogP contribution >= 0.6 is 47.0 Å². The monoisotopic (exact) mass is 652 g/mol. The number of hydrogen-bond acceptors (Lipinski definition) is 15. The first-order valence-corrected chi connectivity index (χ1v) is 16.1. The molecule has 0 aromatic heterocycles. The molecule has 42 heavy (non-hydrogen) atoms. The third-order valence-electron chi connectivity index (χ3n) is 4.96. The van der Waals surface area contributed by atoms with Gasteiger partial charge in [0, 0.05) is 21.4 Å². The van der Waals surface area contributed by atoms with E-state index >= 15 is 0 Å². The Kier molecular flexibility index (Phi) is 14.1. The lowest BCUT2D eigenvalue weighted by Crippen LogP contribution is -2.08. The molecule has 0 N–H and O–H groups in total. The second-order valence-corrected chi connectivity index (χ2v) is 12.3. The Morgan fingerprint density at radius 1 is 0.738 bits per heavy atom. The normalized spacial score (nSPS) is 16.0. The number of ether oxygens (including phenoxy) is 3. The smallest absolute Gasteiger partial charge is 0.350 e. The number of nitrogens with zero attached hydrogens (tertiary/aromatic N) is 2. The topological polar surface area (TPSA) is 146 Å². The molecule has 1 aromatic carbocycles. The van der Waals surface area contributed by atoms with Crippen LogP contribution < -0.4 is 4.74 Å². The summed E-state index contributed by atoms with van der Waals surface area (Å²) in [5.41, 5.74) is 0.876. The second kappa shape index (κ2) is 17.5. The molecule has 224 valence electrons. The minimum atomic E-state index is -0.728. The molecule has 0 saturated carbocycles. The van der Waals surface area contributed by atoms with Crippen molar-refractivity contribution in [3.63, 3.8) is 0 Å². The Morgan fingerprint density at radius 3 is 1.98 bits per heavy atom. The van der Waals surface area contributed by atoms with Crippen molar-refractivity contribution < 1.29 is 43.3 Å². The zero-order valence-electron chi connectivity index (χ0n) is 23.3. The lowest BCUT2D eigenvalue weighted by atomic mass is 10.2. The van der Waals surface area contributed by atoms with E-state index in [-0.39, 0.29) is 38.6 Å². The van der Waals surface area contributed by atoms with E-state index < -0.39 is 11.9 Å². The Balaban J connectivity index is 2.18. The third kappa shape index (κ3) is 8.49. The Hall–Kier alpha value is -2.60. The molecular weight excluding hydrogens is 625 g/mol. The molecular formula is C27H28N2O9S4. The molecule has 2 aliphatic rings. The van der Waals surface area contributed by atoms with Crippen molar-refractivity contribution in [2.24, 2.45) is 0 Å². The average molecular weight is 653 g/mol. The predicted octanol–water partition coefficient (Wildman–Crippen LogP) is 6.01. The number of esters is 2. The van der Waals surface area contributed by atoms with Crippen LogP contribution in [0.25, 0.3) is 6.08 Å². The van der Waals surface area contributed by atoms with E-state index in [1.54, 1.807) is 33.8 Å². The van der Waals surface area contributed by atoms with Gasteiger partial charge in [0.1, 0.15) is 31.6 Å². The molecule has 0 unspecified atom stereocenters. The van der Waals surface area contributed by atoms with Crippen molar-refractivity contribution in [3.05, 3.63) is 31.3 Å². The second-order valence-electron chi connectivity index (χ2n) is 7.67. The number of rotatable bonds is 15. The van der Waals surface area contributed by atoms with Crippen molar-refractivity contribution in [2.75, 3.05) is 46.2 Å². The van der Waals surface area contributed by atoms with Crippen molar-refractivity contribution >= 4 is 65.1 Å². The predicted molar refractivity (Wildman–Crippen MR) is 158 cm³/mol. The first-order valence-electron chi connectivity index (χ1n) is 12.8. The minimum Gasteiger partial charge on any atom is -0.489 e. The van der Waals surface area contributed by atoms with E-state index in [2.05, 4.69) is 6.07 Å². The third-order valence-corrected chi connectivity index (χ3v) is 10.3. The highest BCUT2D eigenvalue weighted by Gasteiger charge is 2.37. The van der Waals surface area contributed by atoms with E-state index in [0.29, 0.717) is 53.3 Å². The summed E-state index contributed by atoms with van der Waals surface area (Å²) in [6, 6.07) is 4.14. The lowest BCUT2D eigenvalue weighted by Gasteiger charge is -2.16. The maximum absolute atomic E-state index is 12.6. The molecule has 0 bridgehead atoms. The van der Waals surface area contributed by atoms with Gasteiger partial charge in [0.2, 0.25) is 0 Å². The van der Waals surface area contributed by atoms with Gasteiger partial charge in [0.05, 0.1) is 56.3 Å². The van der Waals surface area contributed by atoms with Crippen LogP contribution in [-0.4, -0.2) is 58.2 Å². The Labute approximate surface area is 260 Å². The first kappa shape index (κ1) is 33.9. The number of carbonyl (C=O) groups excluding carboxylic acids is 2. The standard InChI is InChI=1S/C27H28N2O9S4/c1-5-32-19(30)10-9-17-21-23(41-26(39-21)16(13-28)15-38-36-8-4)20(34-11-12-37-35-7-3)24-22(17)40-27(42-24)18(14-29)25(31)33-6-2/h9-10H,5-8,11-12,15H2,1-4H3/b10-9-,26-16+,27-18-. The van der Waals surface area contributed by atoms with Gasteiger partial charge >= 0.3 is 11.9 Å². The molecule has 0 radical (unpaired) electrons. The summed E-state index contributed by atoms with van der Waals surface area (Å²) in [6.45, 7) is 8.19. The van der Waals surface area contributed by atoms with Crippen LogP contribution in [0.15, 0.2) is 45.3 Å². The molecule has 1 aromatic rings. The van der Waals surface area contributed by atoms with Gasteiger partial charge in [0.15, 0.2) is 5.57 Å². The molecule has 0 amide bonds. The highest BCUT2D eigenvalue weighted by Crippen LogP contribution is 2.66. The Morgan fingerprint density at radius 2 is 1.36 bits per heavy atom. The number of carbonyl (C=O) groups is 2. The zero-order chi connectivity index (χ0) is 30.5. The van der Waals surface area contributed by atoms with Gasteiger partial charge in [-0.25, -0.2) is 29.1 Å². The molecule has 3 rings (SSSR count). The van der Waals surface area contributed by atoms with Crippen LogP contribution in [0, 0.1) is 22.7 Å². The fourth-order valence-electron chi connectivity index (χ4n) is 3.33. The van der Waals surface area contributed by atoms with Crippen LogP contribution in [0.1, 0.15) is 33.3 Å². The molecule has 2 heterocycles. The Bertz CT molecular complexity index is 1360. The van der Waals surface area contributed by atoms with Crippen LogP contribution in [-0.2, 0) is 38.6 Å². The summed E-state index contributed by atoms with van der Waals surface area (Å²) in [7, 11) is 0. The van der Waals surface area contributed by atoms with Crippen molar-refractivity contribution in [1.29, 1.82) is 10.5 Å². The number of hydrogen-bond donors (Lipinski definition) is 0. The zero-order valence-corrected chi connectivity index (χ0v) is 26.6. The highest BCUT2D eigenvalue weighted by atomic mass is 32.2. The largest absolute Gasteiger partial charge is 0.489 e. The summed E-state index contributed by atoms with van der Waals surface area (Å²) in [5, 5.41) is 19.7. The molecule has 11 nitrogen and oxygen atoms in total. The van der Waals surface area contributed by atoms with Crippen LogP contribution in [0.3, 0.4) is 0 Å². The van der Waals surface area contributed by atoms with Gasteiger partial charge in [-0.1, -0.05) is 47.0 Å². The van der Waals surface area contributed by atoms with Crippen molar-refractivity contribution in [3.8, 4) is 17.9 Å². The van der Waals surface area contributed by atoms with Crippen molar-refractivity contribution in [2.45, 2.75) is 47.3 Å². The molecule has 2 aliphatic heterocycles. The van der Waals surface area contributed by atoms with Crippen LogP contribution in [0.5, 0.6) is 5.75 Å². The lowest BCUT2D eigenvalue weighted by molar-refractivity contribution is -0.293. The maximum atomic E-state index is 12.6. The van der Waals surface area contributed by atoms with Gasteiger partial charge < -0.3 is 14.2 Å². The summed E-state index contributed by atoms with van der Waals surface area (Å²) >= 11 is 5.05. The fraction of sp³-hybridized carbons (Fsp3) is 0.407. The minimum absolute atomic E-state index is 0.0543. The highest BCUT2D eigenvalue weighted by molar-refractivity contribution is 8.25. The number of fused-ring (bicyclic) bond motifs is 2. The van der Waals surface area contributed by atoms with Gasteiger partial charge in [0.25, 0.3) is 0 Å². The average Bonchev–Trinajstić information content (AvgIpc) is 3.60. The van der Waals surface area contributed by atoms with Crippen LogP contribution in [0.2, 0.25) is 0 Å². The molecule has 0 atom stereocenters. The van der Waals surface area contributed by atoms with Gasteiger partial charge in [-0.05, 0) is 33.8 Å². The summed E-state index contributed by atoms with van der Waals surface area (Å²) in [4.78, 5) is 47.8. The fourth-order valence-corrected chi connectivity index (χ4v) is 8.79. The van der Waals surface area contributed by atoms with E-state index in [9.17, 15) is 20.1 Å². The summed E-state index contributed by atoms with van der Waals surface area (Å²) < 4.78 is 17.5.